The van der Waals surface area contributed by atoms with Gasteiger partial charge in [-0.1, -0.05) is 53.0 Å². The van der Waals surface area contributed by atoms with E-state index in [0.717, 1.165) is 5.56 Å². The molecule has 0 aliphatic carbocycles. The molecule has 0 fully saturated rings. The van der Waals surface area contributed by atoms with Crippen molar-refractivity contribution < 1.29 is 4.74 Å². The van der Waals surface area contributed by atoms with Crippen LogP contribution < -0.4 is 10.5 Å². The third kappa shape index (κ3) is 3.66. The second-order valence-electron chi connectivity index (χ2n) is 4.89. The van der Waals surface area contributed by atoms with E-state index in [1.807, 2.05) is 32.0 Å². The third-order valence-electron chi connectivity index (χ3n) is 3.00. The molecule has 20 heavy (non-hydrogen) atoms. The molecule has 0 radical (unpaired) electrons. The van der Waals surface area contributed by atoms with E-state index in [9.17, 15) is 0 Å². The highest BCUT2D eigenvalue weighted by Gasteiger charge is 2.18. The fourth-order valence-corrected chi connectivity index (χ4v) is 2.31. The number of halogens is 2. The van der Waals surface area contributed by atoms with E-state index >= 15 is 0 Å². The van der Waals surface area contributed by atoms with Gasteiger partial charge in [-0.25, -0.2) is 0 Å². The summed E-state index contributed by atoms with van der Waals surface area (Å²) in [6.45, 7) is 3.96. The Morgan fingerprint density at radius 3 is 2.40 bits per heavy atom. The molecule has 0 aliphatic rings. The smallest absolute Gasteiger partial charge is 0.138 e. The van der Waals surface area contributed by atoms with Gasteiger partial charge in [-0.2, -0.15) is 0 Å². The lowest BCUT2D eigenvalue weighted by atomic mass is 10.0. The first kappa shape index (κ1) is 15.2. The summed E-state index contributed by atoms with van der Waals surface area (Å²) in [6.07, 6.45) is -0.229. The van der Waals surface area contributed by atoms with E-state index in [1.54, 1.807) is 18.2 Å². The first-order chi connectivity index (χ1) is 9.47. The predicted molar refractivity (Wildman–Crippen MR) is 84.7 cm³/mol. The summed E-state index contributed by atoms with van der Waals surface area (Å²) in [5.74, 6) is 0.656. The quantitative estimate of drug-likeness (QED) is 0.883. The lowest BCUT2D eigenvalue weighted by molar-refractivity contribution is 0.180. The normalized spacial score (nSPS) is 13.8. The Kier molecular flexibility index (Phi) is 4.92. The Bertz CT molecular complexity index is 599. The summed E-state index contributed by atoms with van der Waals surface area (Å²) in [5, 5.41) is 0.976. The molecule has 0 spiro atoms. The van der Waals surface area contributed by atoms with Crippen LogP contribution in [0.3, 0.4) is 0 Å². The van der Waals surface area contributed by atoms with Crippen molar-refractivity contribution in [2.24, 2.45) is 5.73 Å². The molecule has 0 bridgehead atoms. The zero-order chi connectivity index (χ0) is 14.7. The minimum atomic E-state index is -0.229. The van der Waals surface area contributed by atoms with Gasteiger partial charge in [-0.3, -0.25) is 0 Å². The van der Waals surface area contributed by atoms with E-state index < -0.39 is 0 Å². The Morgan fingerprint density at radius 1 is 1.05 bits per heavy atom. The van der Waals surface area contributed by atoms with Crippen LogP contribution in [-0.4, -0.2) is 6.04 Å². The van der Waals surface area contributed by atoms with Crippen LogP contribution in [0, 0.1) is 6.92 Å². The number of nitrogens with two attached hydrogens (primary N) is 1. The maximum Gasteiger partial charge on any atom is 0.138 e. The van der Waals surface area contributed by atoms with E-state index in [4.69, 9.17) is 33.7 Å². The van der Waals surface area contributed by atoms with Gasteiger partial charge in [0, 0.05) is 12.1 Å². The Labute approximate surface area is 129 Å². The van der Waals surface area contributed by atoms with Crippen molar-refractivity contribution in [3.63, 3.8) is 0 Å². The maximum atomic E-state index is 6.05. The Hall–Kier alpha value is -1.22. The second-order valence-corrected chi connectivity index (χ2v) is 5.70. The van der Waals surface area contributed by atoms with Crippen LogP contribution in [-0.2, 0) is 0 Å². The summed E-state index contributed by atoms with van der Waals surface area (Å²) >= 11 is 11.9. The highest BCUT2D eigenvalue weighted by Crippen LogP contribution is 2.30. The first-order valence-electron chi connectivity index (χ1n) is 6.41. The van der Waals surface area contributed by atoms with Crippen LogP contribution in [0.25, 0.3) is 0 Å². The van der Waals surface area contributed by atoms with Gasteiger partial charge >= 0.3 is 0 Å². The fraction of sp³-hybridized carbons (Fsp3) is 0.250. The van der Waals surface area contributed by atoms with Gasteiger partial charge in [0.25, 0.3) is 0 Å². The average molecular weight is 310 g/mol. The predicted octanol–water partition coefficient (Wildman–Crippen LogP) is 4.77. The maximum absolute atomic E-state index is 6.05. The van der Waals surface area contributed by atoms with Crippen molar-refractivity contribution >= 4 is 23.2 Å². The summed E-state index contributed by atoms with van der Waals surface area (Å²) < 4.78 is 5.98. The highest BCUT2D eigenvalue weighted by atomic mass is 35.5. The minimum Gasteiger partial charge on any atom is -0.484 e. The SMILES string of the molecule is Cc1cccc(C(Oc2ccc(Cl)c(Cl)c2)C(C)N)c1. The lowest BCUT2D eigenvalue weighted by Gasteiger charge is -2.23. The average Bonchev–Trinajstić information content (AvgIpc) is 2.39. The third-order valence-corrected chi connectivity index (χ3v) is 3.74. The molecule has 2 atom stereocenters. The van der Waals surface area contributed by atoms with Crippen molar-refractivity contribution in [1.82, 2.24) is 0 Å². The standard InChI is InChI=1S/C16H17Cl2NO/c1-10-4-3-5-12(8-10)16(11(2)19)20-13-6-7-14(17)15(18)9-13/h3-9,11,16H,19H2,1-2H3. The molecule has 106 valence electrons. The molecule has 2 aromatic carbocycles. The van der Waals surface area contributed by atoms with Crippen LogP contribution in [0.2, 0.25) is 10.0 Å². The molecule has 2 N–H and O–H groups in total. The lowest BCUT2D eigenvalue weighted by Crippen LogP contribution is -2.29. The molecule has 0 aliphatic heterocycles. The number of rotatable bonds is 4. The molecule has 2 rings (SSSR count). The number of hydrogen-bond acceptors (Lipinski definition) is 2. The number of benzene rings is 2. The highest BCUT2D eigenvalue weighted by molar-refractivity contribution is 6.42. The van der Waals surface area contributed by atoms with Crippen LogP contribution in [0.1, 0.15) is 24.2 Å². The van der Waals surface area contributed by atoms with Crippen molar-refractivity contribution in [3.8, 4) is 5.75 Å². The van der Waals surface area contributed by atoms with Gasteiger partial charge in [0.1, 0.15) is 11.9 Å². The molecule has 2 unspecified atom stereocenters. The fourth-order valence-electron chi connectivity index (χ4n) is 2.02. The molecule has 4 heteroatoms. The largest absolute Gasteiger partial charge is 0.484 e. The topological polar surface area (TPSA) is 35.2 Å². The van der Waals surface area contributed by atoms with Crippen LogP contribution in [0.4, 0.5) is 0 Å². The van der Waals surface area contributed by atoms with Crippen molar-refractivity contribution in [2.75, 3.05) is 0 Å². The van der Waals surface area contributed by atoms with Crippen molar-refractivity contribution in [1.29, 1.82) is 0 Å². The van der Waals surface area contributed by atoms with Gasteiger partial charge in [-0.05, 0) is 31.5 Å². The van der Waals surface area contributed by atoms with E-state index in [-0.39, 0.29) is 12.1 Å². The van der Waals surface area contributed by atoms with Gasteiger partial charge in [0.2, 0.25) is 0 Å². The molecule has 2 nitrogen and oxygen atoms in total. The van der Waals surface area contributed by atoms with Gasteiger partial charge in [-0.15, -0.1) is 0 Å². The summed E-state index contributed by atoms with van der Waals surface area (Å²) in [6, 6.07) is 13.2. The van der Waals surface area contributed by atoms with Crippen LogP contribution in [0.15, 0.2) is 42.5 Å². The van der Waals surface area contributed by atoms with Gasteiger partial charge < -0.3 is 10.5 Å². The monoisotopic (exact) mass is 309 g/mol. The first-order valence-corrected chi connectivity index (χ1v) is 7.17. The Balaban J connectivity index is 2.28. The van der Waals surface area contributed by atoms with E-state index in [1.165, 1.54) is 5.56 Å². The molecule has 2 aromatic rings. The molecule has 0 saturated carbocycles. The van der Waals surface area contributed by atoms with Crippen molar-refractivity contribution in [3.05, 3.63) is 63.6 Å². The van der Waals surface area contributed by atoms with Crippen LogP contribution in [0.5, 0.6) is 5.75 Å². The van der Waals surface area contributed by atoms with Gasteiger partial charge in [0.15, 0.2) is 0 Å². The number of ether oxygens (including phenoxy) is 1. The van der Waals surface area contributed by atoms with Crippen molar-refractivity contribution in [2.45, 2.75) is 26.0 Å². The molecule has 0 heterocycles. The zero-order valence-electron chi connectivity index (χ0n) is 11.4. The zero-order valence-corrected chi connectivity index (χ0v) is 12.9. The van der Waals surface area contributed by atoms with E-state index in [0.29, 0.717) is 15.8 Å². The summed E-state index contributed by atoms with van der Waals surface area (Å²) in [5.41, 5.74) is 8.27. The second kappa shape index (κ2) is 6.49. The summed E-state index contributed by atoms with van der Waals surface area (Å²) in [4.78, 5) is 0. The molecular weight excluding hydrogens is 293 g/mol. The molecular formula is C16H17Cl2NO. The Morgan fingerprint density at radius 2 is 1.80 bits per heavy atom. The van der Waals surface area contributed by atoms with Gasteiger partial charge in [0.05, 0.1) is 10.0 Å². The minimum absolute atomic E-state index is 0.147. The molecule has 0 aromatic heterocycles. The number of aryl methyl sites for hydroxylation is 1. The summed E-state index contributed by atoms with van der Waals surface area (Å²) in [7, 11) is 0. The van der Waals surface area contributed by atoms with E-state index in [2.05, 4.69) is 6.07 Å². The number of hydrogen-bond donors (Lipinski definition) is 1. The van der Waals surface area contributed by atoms with Crippen LogP contribution >= 0.6 is 23.2 Å². The molecule has 0 saturated heterocycles. The molecule has 0 amide bonds.